The van der Waals surface area contributed by atoms with Crippen molar-refractivity contribution in [2.45, 2.75) is 32.4 Å². The van der Waals surface area contributed by atoms with Gasteiger partial charge in [0.2, 0.25) is 5.91 Å². The molecule has 1 saturated heterocycles. The number of likely N-dealkylation sites (tertiary alicyclic amines) is 1. The van der Waals surface area contributed by atoms with E-state index < -0.39 is 0 Å². The van der Waals surface area contributed by atoms with E-state index >= 15 is 0 Å². The van der Waals surface area contributed by atoms with Crippen LogP contribution in [0.4, 0.5) is 0 Å². The molecule has 1 atom stereocenters. The number of hydrogen-bond acceptors (Lipinski definition) is 4. The lowest BCUT2D eigenvalue weighted by molar-refractivity contribution is -0.128. The van der Waals surface area contributed by atoms with Crippen LogP contribution in [-0.4, -0.2) is 40.6 Å². The molecule has 1 aromatic heterocycles. The molecule has 1 aliphatic rings. The minimum absolute atomic E-state index is 0.0447. The molecule has 0 aliphatic carbocycles. The van der Waals surface area contributed by atoms with E-state index in [1.165, 1.54) is 0 Å². The Bertz CT molecular complexity index is 1380. The summed E-state index contributed by atoms with van der Waals surface area (Å²) in [6.45, 7) is 4.36. The summed E-state index contributed by atoms with van der Waals surface area (Å²) in [6, 6.07) is 24.2. The Morgan fingerprint density at radius 1 is 1.03 bits per heavy atom. The van der Waals surface area contributed by atoms with Crippen LogP contribution < -0.4 is 9.47 Å². The van der Waals surface area contributed by atoms with Gasteiger partial charge in [0.15, 0.2) is 11.5 Å². The highest BCUT2D eigenvalue weighted by Gasteiger charge is 2.34. The highest BCUT2D eigenvalue weighted by molar-refractivity contribution is 5.81. The molecule has 1 fully saturated rings. The van der Waals surface area contributed by atoms with Crippen LogP contribution in [0.1, 0.15) is 36.2 Å². The monoisotopic (exact) mass is 481 g/mol. The van der Waals surface area contributed by atoms with Crippen molar-refractivity contribution in [1.82, 2.24) is 14.5 Å². The zero-order valence-electron chi connectivity index (χ0n) is 20.8. The maximum absolute atomic E-state index is 12.9. The van der Waals surface area contributed by atoms with Crippen molar-refractivity contribution < 1.29 is 14.3 Å². The second kappa shape index (κ2) is 10.7. The largest absolute Gasteiger partial charge is 0.493 e. The predicted octanol–water partition coefficient (Wildman–Crippen LogP) is 5.67. The average Bonchev–Trinajstić information content (AvgIpc) is 3.45. The number of fused-ring (bicyclic) bond motifs is 1. The van der Waals surface area contributed by atoms with Crippen LogP contribution in [0.15, 0.2) is 78.9 Å². The van der Waals surface area contributed by atoms with Gasteiger partial charge in [-0.1, -0.05) is 60.7 Å². The summed E-state index contributed by atoms with van der Waals surface area (Å²) in [5.41, 5.74) is 4.20. The molecule has 0 N–H and O–H groups in total. The quantitative estimate of drug-likeness (QED) is 0.309. The molecule has 36 heavy (non-hydrogen) atoms. The van der Waals surface area contributed by atoms with Gasteiger partial charge >= 0.3 is 0 Å². The van der Waals surface area contributed by atoms with Crippen LogP contribution in [0.25, 0.3) is 17.1 Å². The summed E-state index contributed by atoms with van der Waals surface area (Å²) in [5, 5.41) is 0. The molecule has 6 heteroatoms. The molecular weight excluding hydrogens is 450 g/mol. The third-order valence-corrected chi connectivity index (χ3v) is 6.60. The number of hydrogen-bond donors (Lipinski definition) is 0. The maximum atomic E-state index is 12.9. The van der Waals surface area contributed by atoms with Gasteiger partial charge < -0.3 is 18.9 Å². The summed E-state index contributed by atoms with van der Waals surface area (Å²) < 4.78 is 13.9. The molecule has 2 heterocycles. The van der Waals surface area contributed by atoms with E-state index in [2.05, 4.69) is 22.8 Å². The van der Waals surface area contributed by atoms with E-state index in [9.17, 15) is 4.79 Å². The fraction of sp³-hybridized carbons (Fsp3) is 0.267. The van der Waals surface area contributed by atoms with E-state index in [0.717, 1.165) is 28.0 Å². The number of ether oxygens (including phenoxy) is 2. The normalized spacial score (nSPS) is 15.8. The summed E-state index contributed by atoms with van der Waals surface area (Å²) in [6.07, 6.45) is 4.49. The zero-order chi connectivity index (χ0) is 24.9. The predicted molar refractivity (Wildman–Crippen MR) is 142 cm³/mol. The number of nitrogens with zero attached hydrogens (tertiary/aromatic N) is 3. The third kappa shape index (κ3) is 4.98. The molecule has 5 rings (SSSR count). The topological polar surface area (TPSA) is 56.6 Å². The van der Waals surface area contributed by atoms with Gasteiger partial charge in [-0.15, -0.1) is 0 Å². The SMILES string of the molecule is C/C=C/c1ccc(OCCn2c([C@H]3CC(=O)N(Cc4ccccc4)C3)nc3ccccc32)c(OC)c1. The number of benzene rings is 3. The Morgan fingerprint density at radius 3 is 2.64 bits per heavy atom. The van der Waals surface area contributed by atoms with E-state index in [0.29, 0.717) is 44.2 Å². The Hall–Kier alpha value is -4.06. The molecule has 6 nitrogen and oxygen atoms in total. The molecule has 0 saturated carbocycles. The van der Waals surface area contributed by atoms with Crippen molar-refractivity contribution >= 4 is 23.0 Å². The minimum Gasteiger partial charge on any atom is -0.493 e. The highest BCUT2D eigenvalue weighted by Crippen LogP contribution is 2.32. The van der Waals surface area contributed by atoms with Crippen molar-refractivity contribution in [2.24, 2.45) is 0 Å². The fourth-order valence-corrected chi connectivity index (χ4v) is 4.89. The fourth-order valence-electron chi connectivity index (χ4n) is 4.89. The number of imidazole rings is 1. The summed E-state index contributed by atoms with van der Waals surface area (Å²) >= 11 is 0. The number of aromatic nitrogens is 2. The molecule has 0 radical (unpaired) electrons. The van der Waals surface area contributed by atoms with Gasteiger partial charge in [0.1, 0.15) is 12.4 Å². The lowest BCUT2D eigenvalue weighted by atomic mass is 10.1. The van der Waals surface area contributed by atoms with E-state index in [-0.39, 0.29) is 11.8 Å². The molecule has 0 bridgehead atoms. The number of carbonyl (C=O) groups excluding carboxylic acids is 1. The zero-order valence-corrected chi connectivity index (χ0v) is 20.8. The Kier molecular flexibility index (Phi) is 7.03. The van der Waals surface area contributed by atoms with Gasteiger partial charge in [0.25, 0.3) is 0 Å². The summed E-state index contributed by atoms with van der Waals surface area (Å²) in [4.78, 5) is 19.8. The van der Waals surface area contributed by atoms with Gasteiger partial charge in [-0.3, -0.25) is 4.79 Å². The first-order chi connectivity index (χ1) is 17.7. The number of methoxy groups -OCH3 is 1. The third-order valence-electron chi connectivity index (χ3n) is 6.60. The van der Waals surface area contributed by atoms with Gasteiger partial charge in [-0.2, -0.15) is 0 Å². The molecule has 1 amide bonds. The Balaban J connectivity index is 1.34. The number of rotatable bonds is 9. The van der Waals surface area contributed by atoms with E-state index in [1.54, 1.807) is 7.11 Å². The van der Waals surface area contributed by atoms with Crippen molar-refractivity contribution in [2.75, 3.05) is 20.3 Å². The van der Waals surface area contributed by atoms with Crippen LogP contribution in [0.2, 0.25) is 0 Å². The first-order valence-corrected chi connectivity index (χ1v) is 12.4. The second-order valence-corrected chi connectivity index (χ2v) is 9.03. The first kappa shape index (κ1) is 23.7. The van der Waals surface area contributed by atoms with Crippen LogP contribution in [-0.2, 0) is 17.9 Å². The van der Waals surface area contributed by atoms with Crippen LogP contribution in [0.5, 0.6) is 11.5 Å². The lowest BCUT2D eigenvalue weighted by Gasteiger charge is -2.18. The molecule has 184 valence electrons. The van der Waals surface area contributed by atoms with Gasteiger partial charge in [-0.25, -0.2) is 4.98 Å². The molecule has 3 aromatic carbocycles. The molecular formula is C30H31N3O3. The number of allylic oxidation sites excluding steroid dienone is 1. The molecule has 0 spiro atoms. The van der Waals surface area contributed by atoms with Crippen molar-refractivity contribution in [1.29, 1.82) is 0 Å². The van der Waals surface area contributed by atoms with Crippen molar-refractivity contribution in [3.05, 3.63) is 95.8 Å². The van der Waals surface area contributed by atoms with E-state index in [1.807, 2.05) is 78.6 Å². The molecule has 4 aromatic rings. The van der Waals surface area contributed by atoms with Crippen molar-refractivity contribution in [3.63, 3.8) is 0 Å². The number of para-hydroxylation sites is 2. The summed E-state index contributed by atoms with van der Waals surface area (Å²) in [5.74, 6) is 2.58. The van der Waals surface area contributed by atoms with Crippen LogP contribution in [0.3, 0.4) is 0 Å². The Morgan fingerprint density at radius 2 is 1.83 bits per heavy atom. The van der Waals surface area contributed by atoms with Gasteiger partial charge in [0.05, 0.1) is 24.7 Å². The smallest absolute Gasteiger partial charge is 0.223 e. The summed E-state index contributed by atoms with van der Waals surface area (Å²) in [7, 11) is 1.65. The lowest BCUT2D eigenvalue weighted by Crippen LogP contribution is -2.24. The van der Waals surface area contributed by atoms with Crippen LogP contribution >= 0.6 is 0 Å². The second-order valence-electron chi connectivity index (χ2n) is 9.03. The highest BCUT2D eigenvalue weighted by atomic mass is 16.5. The van der Waals surface area contributed by atoms with Crippen molar-refractivity contribution in [3.8, 4) is 11.5 Å². The minimum atomic E-state index is 0.0447. The van der Waals surface area contributed by atoms with E-state index in [4.69, 9.17) is 14.5 Å². The number of carbonyl (C=O) groups is 1. The Labute approximate surface area is 211 Å². The molecule has 0 unspecified atom stereocenters. The van der Waals surface area contributed by atoms with Crippen LogP contribution in [0, 0.1) is 0 Å². The van der Waals surface area contributed by atoms with Gasteiger partial charge in [-0.05, 0) is 42.3 Å². The maximum Gasteiger partial charge on any atom is 0.223 e. The average molecular weight is 482 g/mol. The first-order valence-electron chi connectivity index (χ1n) is 12.4. The number of amides is 1. The van der Waals surface area contributed by atoms with Gasteiger partial charge in [0, 0.05) is 25.4 Å². The molecule has 1 aliphatic heterocycles. The standard InChI is InChI=1S/C30H31N3O3/c1-3-9-22-14-15-27(28(18-22)35-2)36-17-16-33-26-13-8-7-12-25(26)31-30(33)24-19-29(34)32(21-24)20-23-10-5-4-6-11-23/h3-15,18,24H,16-17,19-21H2,1-2H3/b9-3+/t24-/m0/s1.